The fourth-order valence-electron chi connectivity index (χ4n) is 3.70. The van der Waals surface area contributed by atoms with E-state index < -0.39 is 0 Å². The van der Waals surface area contributed by atoms with Crippen LogP contribution in [0.5, 0.6) is 0 Å². The molecule has 2 heterocycles. The summed E-state index contributed by atoms with van der Waals surface area (Å²) in [6, 6.07) is 10.7. The number of carbonyl (C=O) groups is 1. The lowest BCUT2D eigenvalue weighted by molar-refractivity contribution is -0.135. The van der Waals surface area contributed by atoms with Gasteiger partial charge in [0.1, 0.15) is 0 Å². The fraction of sp³-hybridized carbons (Fsp3) is 0.632. The topological polar surface area (TPSA) is 41.6 Å². The van der Waals surface area contributed by atoms with Crippen LogP contribution in [0.2, 0.25) is 0 Å². The molecule has 2 aliphatic heterocycles. The first-order chi connectivity index (χ1) is 11.2. The average Bonchev–Trinajstić information content (AvgIpc) is 2.59. The molecular formula is C19H28N2O2. The Kier molecular flexibility index (Phi) is 5.34. The molecule has 2 saturated heterocycles. The van der Waals surface area contributed by atoms with Gasteiger partial charge in [-0.25, -0.2) is 0 Å². The van der Waals surface area contributed by atoms with Crippen LogP contribution in [0.1, 0.15) is 31.2 Å². The van der Waals surface area contributed by atoms with Crippen molar-refractivity contribution in [3.05, 3.63) is 35.9 Å². The molecule has 0 saturated carbocycles. The summed E-state index contributed by atoms with van der Waals surface area (Å²) in [6.45, 7) is 3.51. The molecule has 1 amide bonds. The molecule has 0 radical (unpaired) electrons. The largest absolute Gasteiger partial charge is 0.381 e. The number of likely N-dealkylation sites (tertiary alicyclic amines) is 1. The second-order valence-corrected chi connectivity index (χ2v) is 7.11. The van der Waals surface area contributed by atoms with Crippen LogP contribution in [0.15, 0.2) is 30.3 Å². The number of amides is 1. The van der Waals surface area contributed by atoms with E-state index in [0.717, 1.165) is 58.4 Å². The average molecular weight is 316 g/mol. The van der Waals surface area contributed by atoms with Gasteiger partial charge in [-0.05, 0) is 57.8 Å². The lowest BCUT2D eigenvalue weighted by Gasteiger charge is -2.40. The molecule has 2 aliphatic rings. The zero-order valence-electron chi connectivity index (χ0n) is 14.1. The number of ether oxygens (including phenoxy) is 1. The van der Waals surface area contributed by atoms with Crippen molar-refractivity contribution in [3.8, 4) is 0 Å². The molecule has 1 aromatic rings. The minimum atomic E-state index is -0.258. The van der Waals surface area contributed by atoms with Gasteiger partial charge in [0.05, 0.1) is 5.41 Å². The summed E-state index contributed by atoms with van der Waals surface area (Å²) in [4.78, 5) is 15.5. The lowest BCUT2D eigenvalue weighted by atomic mass is 9.72. The van der Waals surface area contributed by atoms with Gasteiger partial charge in [0.15, 0.2) is 0 Å². The highest BCUT2D eigenvalue weighted by atomic mass is 16.5. The predicted octanol–water partition coefficient (Wildman–Crippen LogP) is 2.24. The van der Waals surface area contributed by atoms with Crippen molar-refractivity contribution >= 4 is 5.91 Å². The van der Waals surface area contributed by atoms with Crippen LogP contribution in [0, 0.1) is 5.41 Å². The SMILES string of the molecule is CN1CCC(Cc2ccccc2)(C(=O)NC2CCOCC2)CC1. The van der Waals surface area contributed by atoms with Crippen molar-refractivity contribution in [1.82, 2.24) is 10.2 Å². The summed E-state index contributed by atoms with van der Waals surface area (Å²) in [5.41, 5.74) is 1.01. The maximum Gasteiger partial charge on any atom is 0.226 e. The van der Waals surface area contributed by atoms with Crippen molar-refractivity contribution in [2.24, 2.45) is 5.41 Å². The summed E-state index contributed by atoms with van der Waals surface area (Å²) in [5, 5.41) is 3.33. The van der Waals surface area contributed by atoms with Crippen molar-refractivity contribution in [3.63, 3.8) is 0 Å². The van der Waals surface area contributed by atoms with E-state index in [2.05, 4.69) is 41.5 Å². The summed E-state index contributed by atoms with van der Waals surface area (Å²) < 4.78 is 5.40. The monoisotopic (exact) mass is 316 g/mol. The molecule has 3 rings (SSSR count). The molecule has 23 heavy (non-hydrogen) atoms. The van der Waals surface area contributed by atoms with Gasteiger partial charge in [0, 0.05) is 19.3 Å². The first kappa shape index (κ1) is 16.5. The Bertz CT molecular complexity index is 503. The van der Waals surface area contributed by atoms with Gasteiger partial charge in [0.25, 0.3) is 0 Å². The normalized spacial score (nSPS) is 22.7. The molecule has 2 fully saturated rings. The molecule has 0 spiro atoms. The number of nitrogens with zero attached hydrogens (tertiary/aromatic N) is 1. The van der Waals surface area contributed by atoms with E-state index in [9.17, 15) is 4.79 Å². The molecule has 1 N–H and O–H groups in total. The first-order valence-corrected chi connectivity index (χ1v) is 8.79. The quantitative estimate of drug-likeness (QED) is 0.926. The van der Waals surface area contributed by atoms with Crippen molar-refractivity contribution in [2.75, 3.05) is 33.4 Å². The molecule has 0 aromatic heterocycles. The van der Waals surface area contributed by atoms with Crippen LogP contribution in [0.4, 0.5) is 0 Å². The van der Waals surface area contributed by atoms with Gasteiger partial charge in [-0.3, -0.25) is 4.79 Å². The van der Waals surface area contributed by atoms with Crippen molar-refractivity contribution in [2.45, 2.75) is 38.1 Å². The Morgan fingerprint density at radius 1 is 1.22 bits per heavy atom. The van der Waals surface area contributed by atoms with Crippen LogP contribution in [0.25, 0.3) is 0 Å². The second-order valence-electron chi connectivity index (χ2n) is 7.11. The van der Waals surface area contributed by atoms with Crippen LogP contribution in [-0.4, -0.2) is 50.2 Å². The van der Waals surface area contributed by atoms with Gasteiger partial charge >= 0.3 is 0 Å². The Morgan fingerprint density at radius 3 is 2.52 bits per heavy atom. The van der Waals surface area contributed by atoms with Crippen molar-refractivity contribution < 1.29 is 9.53 Å². The van der Waals surface area contributed by atoms with E-state index in [1.165, 1.54) is 5.56 Å². The fourth-order valence-corrected chi connectivity index (χ4v) is 3.70. The van der Waals surface area contributed by atoms with Crippen LogP contribution in [-0.2, 0) is 16.0 Å². The Balaban J connectivity index is 1.73. The Labute approximate surface area is 139 Å². The van der Waals surface area contributed by atoms with Crippen LogP contribution in [0.3, 0.4) is 0 Å². The van der Waals surface area contributed by atoms with Crippen LogP contribution >= 0.6 is 0 Å². The predicted molar refractivity (Wildman–Crippen MR) is 91.3 cm³/mol. The smallest absolute Gasteiger partial charge is 0.226 e. The molecule has 0 aliphatic carbocycles. The minimum absolute atomic E-state index is 0.251. The summed E-state index contributed by atoms with van der Waals surface area (Å²) >= 11 is 0. The maximum absolute atomic E-state index is 13.1. The van der Waals surface area contributed by atoms with E-state index in [0.29, 0.717) is 0 Å². The number of hydrogen-bond donors (Lipinski definition) is 1. The van der Waals surface area contributed by atoms with Gasteiger partial charge in [-0.15, -0.1) is 0 Å². The van der Waals surface area contributed by atoms with E-state index in [-0.39, 0.29) is 17.4 Å². The highest BCUT2D eigenvalue weighted by molar-refractivity contribution is 5.83. The third kappa shape index (κ3) is 4.12. The van der Waals surface area contributed by atoms with Crippen LogP contribution < -0.4 is 5.32 Å². The summed E-state index contributed by atoms with van der Waals surface area (Å²) in [6.07, 6.45) is 4.59. The van der Waals surface area contributed by atoms with Gasteiger partial charge in [0.2, 0.25) is 5.91 Å². The molecule has 4 heteroatoms. The molecule has 0 bridgehead atoms. The highest BCUT2D eigenvalue weighted by Crippen LogP contribution is 2.35. The first-order valence-electron chi connectivity index (χ1n) is 8.79. The standard InChI is InChI=1S/C19H28N2O2/c1-21-11-9-19(10-12-21,15-16-5-3-2-4-6-16)18(22)20-17-7-13-23-14-8-17/h2-6,17H,7-15H2,1H3,(H,20,22). The molecule has 4 nitrogen and oxygen atoms in total. The summed E-state index contributed by atoms with van der Waals surface area (Å²) in [5.74, 6) is 0.251. The number of hydrogen-bond acceptors (Lipinski definition) is 3. The molecule has 0 atom stereocenters. The Morgan fingerprint density at radius 2 is 1.87 bits per heavy atom. The highest BCUT2D eigenvalue weighted by Gasteiger charge is 2.41. The number of benzene rings is 1. The second kappa shape index (κ2) is 7.45. The molecule has 126 valence electrons. The van der Waals surface area contributed by atoms with E-state index in [1.54, 1.807) is 0 Å². The molecule has 1 aromatic carbocycles. The van der Waals surface area contributed by atoms with Gasteiger partial charge in [-0.1, -0.05) is 30.3 Å². The Hall–Kier alpha value is -1.39. The van der Waals surface area contributed by atoms with E-state index >= 15 is 0 Å². The zero-order chi connectivity index (χ0) is 16.1. The lowest BCUT2D eigenvalue weighted by Crippen LogP contribution is -2.52. The maximum atomic E-state index is 13.1. The number of piperidine rings is 1. The number of rotatable bonds is 4. The van der Waals surface area contributed by atoms with Gasteiger partial charge < -0.3 is 15.0 Å². The van der Waals surface area contributed by atoms with E-state index in [1.807, 2.05) is 6.07 Å². The van der Waals surface area contributed by atoms with E-state index in [4.69, 9.17) is 4.74 Å². The third-order valence-electron chi connectivity index (χ3n) is 5.37. The van der Waals surface area contributed by atoms with Gasteiger partial charge in [-0.2, -0.15) is 0 Å². The number of nitrogens with one attached hydrogen (secondary N) is 1. The number of carbonyl (C=O) groups excluding carboxylic acids is 1. The zero-order valence-corrected chi connectivity index (χ0v) is 14.1. The third-order valence-corrected chi connectivity index (χ3v) is 5.37. The minimum Gasteiger partial charge on any atom is -0.381 e. The van der Waals surface area contributed by atoms with Crippen molar-refractivity contribution in [1.29, 1.82) is 0 Å². The molecule has 0 unspecified atom stereocenters. The summed E-state index contributed by atoms with van der Waals surface area (Å²) in [7, 11) is 2.14. The molecular weight excluding hydrogens is 288 g/mol.